The molecule has 0 aliphatic rings. The molecule has 0 amide bonds. The monoisotopic (exact) mass is 286 g/mol. The van der Waals surface area contributed by atoms with E-state index in [1.165, 1.54) is 11.9 Å². The van der Waals surface area contributed by atoms with Crippen molar-refractivity contribution < 1.29 is 13.0 Å². The highest BCUT2D eigenvalue weighted by Crippen LogP contribution is 2.12. The van der Waals surface area contributed by atoms with E-state index in [-0.39, 0.29) is 23.1 Å². The molecule has 90 valence electrons. The molecule has 0 unspecified atom stereocenters. The van der Waals surface area contributed by atoms with Crippen LogP contribution in [0.25, 0.3) is 0 Å². The summed E-state index contributed by atoms with van der Waals surface area (Å²) in [5.74, 6) is -0.307. The van der Waals surface area contributed by atoms with Crippen LogP contribution in [0.5, 0.6) is 0 Å². The van der Waals surface area contributed by atoms with Gasteiger partial charge >= 0.3 is 0 Å². The van der Waals surface area contributed by atoms with Crippen molar-refractivity contribution in [1.29, 1.82) is 0 Å². The maximum atomic E-state index is 10.5. The van der Waals surface area contributed by atoms with E-state index in [4.69, 9.17) is 27.8 Å². The Hall–Kier alpha value is -0.700. The van der Waals surface area contributed by atoms with E-state index in [0.29, 0.717) is 0 Å². The van der Waals surface area contributed by atoms with E-state index in [1.54, 1.807) is 0 Å². The Bertz CT molecular complexity index is 460. The van der Waals surface area contributed by atoms with Crippen molar-refractivity contribution in [2.24, 2.45) is 0 Å². The summed E-state index contributed by atoms with van der Waals surface area (Å²) in [5, 5.41) is -0.178. The van der Waals surface area contributed by atoms with Crippen LogP contribution in [-0.4, -0.2) is 47.3 Å². The Morgan fingerprint density at radius 2 is 1.75 bits per heavy atom. The second-order valence-electron chi connectivity index (χ2n) is 2.88. The van der Waals surface area contributed by atoms with Crippen molar-refractivity contribution in [1.82, 2.24) is 15.0 Å². The molecule has 1 N–H and O–H groups in total. The van der Waals surface area contributed by atoms with Gasteiger partial charge in [0.2, 0.25) is 16.5 Å². The van der Waals surface area contributed by atoms with Crippen LogP contribution < -0.4 is 4.90 Å². The van der Waals surface area contributed by atoms with Crippen molar-refractivity contribution in [3.63, 3.8) is 0 Å². The van der Waals surface area contributed by atoms with Gasteiger partial charge in [0.25, 0.3) is 10.1 Å². The third-order valence-electron chi connectivity index (χ3n) is 1.60. The van der Waals surface area contributed by atoms with Crippen molar-refractivity contribution in [3.8, 4) is 0 Å². The van der Waals surface area contributed by atoms with E-state index in [2.05, 4.69) is 15.0 Å². The minimum atomic E-state index is -4.03. The molecule has 0 saturated carbocycles. The van der Waals surface area contributed by atoms with Gasteiger partial charge in [0.05, 0.1) is 5.75 Å². The molecule has 0 spiro atoms. The number of aromatic nitrogens is 3. The van der Waals surface area contributed by atoms with Crippen LogP contribution in [0.2, 0.25) is 10.6 Å². The van der Waals surface area contributed by atoms with Crippen LogP contribution in [0.1, 0.15) is 0 Å². The molecule has 1 aromatic heterocycles. The predicted molar refractivity (Wildman–Crippen MR) is 59.5 cm³/mol. The van der Waals surface area contributed by atoms with Crippen LogP contribution >= 0.6 is 23.2 Å². The summed E-state index contributed by atoms with van der Waals surface area (Å²) < 4.78 is 29.6. The molecule has 0 radical (unpaired) electrons. The molecule has 0 aliphatic carbocycles. The summed E-state index contributed by atoms with van der Waals surface area (Å²) >= 11 is 11.1. The van der Waals surface area contributed by atoms with Gasteiger partial charge in [-0.15, -0.1) is 0 Å². The molecule has 7 nitrogen and oxygen atoms in total. The van der Waals surface area contributed by atoms with Crippen molar-refractivity contribution in [2.45, 2.75) is 0 Å². The summed E-state index contributed by atoms with van der Waals surface area (Å²) in [4.78, 5) is 12.4. The van der Waals surface area contributed by atoms with Gasteiger partial charge in [-0.2, -0.15) is 23.4 Å². The smallest absolute Gasteiger partial charge is 0.266 e. The lowest BCUT2D eigenvalue weighted by molar-refractivity contribution is 0.483. The van der Waals surface area contributed by atoms with Crippen LogP contribution in [-0.2, 0) is 10.1 Å². The van der Waals surface area contributed by atoms with Crippen LogP contribution in [0, 0.1) is 0 Å². The van der Waals surface area contributed by atoms with Gasteiger partial charge in [0, 0.05) is 13.6 Å². The number of halogens is 2. The molecule has 1 aromatic rings. The highest BCUT2D eigenvalue weighted by atomic mass is 35.5. The molecular formula is C6H8Cl2N4O3S. The number of rotatable bonds is 4. The molecule has 0 aliphatic heterocycles. The first-order valence-electron chi connectivity index (χ1n) is 4.01. The van der Waals surface area contributed by atoms with Gasteiger partial charge < -0.3 is 4.90 Å². The Morgan fingerprint density at radius 1 is 1.25 bits per heavy atom. The number of hydrogen-bond acceptors (Lipinski definition) is 6. The van der Waals surface area contributed by atoms with Crippen molar-refractivity contribution in [2.75, 3.05) is 24.2 Å². The topological polar surface area (TPSA) is 96.3 Å². The molecular weight excluding hydrogens is 279 g/mol. The quantitative estimate of drug-likeness (QED) is 0.805. The lowest BCUT2D eigenvalue weighted by atomic mass is 10.6. The number of hydrogen-bond donors (Lipinski definition) is 1. The summed E-state index contributed by atoms with van der Waals surface area (Å²) in [5.41, 5.74) is 0. The predicted octanol–water partition coefficient (Wildman–Crippen LogP) is 0.502. The van der Waals surface area contributed by atoms with E-state index >= 15 is 0 Å². The minimum Gasteiger partial charge on any atom is -0.343 e. The largest absolute Gasteiger partial charge is 0.343 e. The van der Waals surface area contributed by atoms with Gasteiger partial charge in [0.15, 0.2) is 0 Å². The SMILES string of the molecule is CN(CCS(=O)(=O)O)c1nc(Cl)nc(Cl)n1. The van der Waals surface area contributed by atoms with Gasteiger partial charge in [0.1, 0.15) is 0 Å². The maximum absolute atomic E-state index is 10.5. The zero-order valence-electron chi connectivity index (χ0n) is 8.13. The standard InChI is InChI=1S/C6H8Cl2N4O3S/c1-12(2-3-16(13,14)15)6-10-4(7)9-5(8)11-6/h2-3H2,1H3,(H,13,14,15). The summed E-state index contributed by atoms with van der Waals surface area (Å²) in [7, 11) is -2.49. The van der Waals surface area contributed by atoms with Gasteiger partial charge in [-0.25, -0.2) is 0 Å². The fraction of sp³-hybridized carbons (Fsp3) is 0.500. The lowest BCUT2D eigenvalue weighted by Gasteiger charge is -2.15. The fourth-order valence-corrected chi connectivity index (χ4v) is 1.70. The van der Waals surface area contributed by atoms with E-state index < -0.39 is 15.9 Å². The first-order valence-corrected chi connectivity index (χ1v) is 6.38. The van der Waals surface area contributed by atoms with E-state index in [0.717, 1.165) is 0 Å². The summed E-state index contributed by atoms with van der Waals surface area (Å²) in [6.07, 6.45) is 0. The Labute approximate surface area is 102 Å². The minimum absolute atomic E-state index is 0.00943. The molecule has 0 aromatic carbocycles. The molecule has 1 rings (SSSR count). The molecule has 0 saturated heterocycles. The van der Waals surface area contributed by atoms with Gasteiger partial charge in [-0.05, 0) is 23.2 Å². The highest BCUT2D eigenvalue weighted by Gasteiger charge is 2.11. The van der Waals surface area contributed by atoms with Crippen molar-refractivity contribution in [3.05, 3.63) is 10.6 Å². The van der Waals surface area contributed by atoms with Gasteiger partial charge in [-0.1, -0.05) is 0 Å². The first kappa shape index (κ1) is 13.4. The third-order valence-corrected chi connectivity index (χ3v) is 2.63. The normalized spacial score (nSPS) is 11.5. The molecule has 10 heteroatoms. The second kappa shape index (κ2) is 5.09. The molecule has 1 heterocycles. The van der Waals surface area contributed by atoms with Crippen molar-refractivity contribution >= 4 is 39.3 Å². The average molecular weight is 287 g/mol. The molecule has 0 atom stereocenters. The second-order valence-corrected chi connectivity index (χ2v) is 5.13. The molecule has 16 heavy (non-hydrogen) atoms. The lowest BCUT2D eigenvalue weighted by Crippen LogP contribution is -2.26. The van der Waals surface area contributed by atoms with Gasteiger partial charge in [-0.3, -0.25) is 4.55 Å². The highest BCUT2D eigenvalue weighted by molar-refractivity contribution is 7.85. The van der Waals surface area contributed by atoms with Crippen LogP contribution in [0.3, 0.4) is 0 Å². The number of nitrogens with zero attached hydrogens (tertiary/aromatic N) is 4. The van der Waals surface area contributed by atoms with E-state index in [1.807, 2.05) is 0 Å². The average Bonchev–Trinajstić information content (AvgIpc) is 2.11. The van der Waals surface area contributed by atoms with Crippen LogP contribution in [0.15, 0.2) is 0 Å². The van der Waals surface area contributed by atoms with Crippen LogP contribution in [0.4, 0.5) is 5.95 Å². The molecule has 0 bridgehead atoms. The summed E-state index contributed by atoms with van der Waals surface area (Å²) in [6, 6.07) is 0. The zero-order chi connectivity index (χ0) is 12.3. The Morgan fingerprint density at radius 3 is 2.19 bits per heavy atom. The number of anilines is 1. The Balaban J connectivity index is 2.76. The first-order chi connectivity index (χ1) is 7.28. The maximum Gasteiger partial charge on any atom is 0.266 e. The Kier molecular flexibility index (Phi) is 4.25. The fourth-order valence-electron chi connectivity index (χ4n) is 0.839. The molecule has 0 fully saturated rings. The third kappa shape index (κ3) is 4.44. The van der Waals surface area contributed by atoms with E-state index in [9.17, 15) is 8.42 Å². The zero-order valence-corrected chi connectivity index (χ0v) is 10.5. The summed E-state index contributed by atoms with van der Waals surface area (Å²) in [6.45, 7) is 0.00943.